The Bertz CT molecular complexity index is 425. The highest BCUT2D eigenvalue weighted by Crippen LogP contribution is 2.42. The molecule has 2 N–H and O–H groups in total. The van der Waals surface area contributed by atoms with Crippen molar-refractivity contribution in [1.82, 2.24) is 0 Å². The third-order valence-electron chi connectivity index (χ3n) is 3.14. The molecule has 0 aromatic heterocycles. The van der Waals surface area contributed by atoms with E-state index in [-0.39, 0.29) is 0 Å². The highest BCUT2D eigenvalue weighted by molar-refractivity contribution is 4.76. The maximum Gasteiger partial charge on any atom is 0.370 e. The molecule has 0 spiro atoms. The topological polar surface area (TPSA) is 114 Å². The second kappa shape index (κ2) is 9.17. The van der Waals surface area contributed by atoms with E-state index in [1.807, 2.05) is 0 Å². The van der Waals surface area contributed by atoms with Crippen molar-refractivity contribution in [2.45, 2.75) is 106 Å². The molecular weight excluding hydrogens is 376 g/mol. The van der Waals surface area contributed by atoms with Crippen molar-refractivity contribution in [3.8, 4) is 0 Å². The largest absolute Gasteiger partial charge is 0.370 e. The van der Waals surface area contributed by atoms with Crippen LogP contribution in [0, 0.1) is 10.8 Å². The summed E-state index contributed by atoms with van der Waals surface area (Å²) in [5, 5.41) is 19.1. The molecule has 0 aliphatic carbocycles. The Morgan fingerprint density at radius 2 is 0.607 bits per heavy atom. The first-order chi connectivity index (χ1) is 12.2. The Morgan fingerprint density at radius 1 is 0.393 bits per heavy atom. The molecule has 0 aliphatic rings. The van der Waals surface area contributed by atoms with Gasteiger partial charge in [0.2, 0.25) is 0 Å². The lowest BCUT2D eigenvalue weighted by Gasteiger charge is -2.43. The average molecular weight is 414 g/mol. The lowest BCUT2D eigenvalue weighted by Crippen LogP contribution is -2.57. The molecule has 10 nitrogen and oxygen atoms in total. The average Bonchev–Trinajstić information content (AvgIpc) is 2.46. The summed E-state index contributed by atoms with van der Waals surface area (Å²) in [6, 6.07) is 0. The summed E-state index contributed by atoms with van der Waals surface area (Å²) in [4.78, 5) is 40.5. The fraction of sp³-hybridized carbons (Fsp3) is 1.00. The van der Waals surface area contributed by atoms with Crippen molar-refractivity contribution in [3.63, 3.8) is 0 Å². The molecule has 28 heavy (non-hydrogen) atoms. The van der Waals surface area contributed by atoms with Crippen LogP contribution < -0.4 is 0 Å². The van der Waals surface area contributed by atoms with Gasteiger partial charge in [0.05, 0.1) is 22.0 Å². The van der Waals surface area contributed by atoms with E-state index in [1.165, 1.54) is 0 Å². The fourth-order valence-electron chi connectivity index (χ4n) is 1.33. The number of hydrogen-bond acceptors (Lipinski definition) is 10. The summed E-state index contributed by atoms with van der Waals surface area (Å²) in [5.41, 5.74) is -3.62. The summed E-state index contributed by atoms with van der Waals surface area (Å²) in [5.74, 6) is -4.55. The van der Waals surface area contributed by atoms with Gasteiger partial charge in [-0.2, -0.15) is 29.3 Å². The van der Waals surface area contributed by atoms with E-state index < -0.39 is 34.0 Å². The van der Waals surface area contributed by atoms with E-state index in [2.05, 4.69) is 9.78 Å². The van der Waals surface area contributed by atoms with Gasteiger partial charge in [0.25, 0.3) is 0 Å². The molecule has 0 aromatic carbocycles. The Kier molecular flexibility index (Phi) is 9.04. The van der Waals surface area contributed by atoms with Crippen molar-refractivity contribution in [2.24, 2.45) is 10.8 Å². The van der Waals surface area contributed by atoms with E-state index >= 15 is 0 Å². The monoisotopic (exact) mass is 414 g/mol. The zero-order chi connectivity index (χ0) is 22.7. The van der Waals surface area contributed by atoms with Gasteiger partial charge in [-0.3, -0.25) is 0 Å². The summed E-state index contributed by atoms with van der Waals surface area (Å²) in [6.07, 6.45) is 0. The molecular formula is C18H38O10. The molecule has 2 unspecified atom stereocenters. The number of hydrogen-bond donors (Lipinski definition) is 2. The summed E-state index contributed by atoms with van der Waals surface area (Å²) < 4.78 is 0. The van der Waals surface area contributed by atoms with Gasteiger partial charge in [-0.05, 0) is 41.5 Å². The standard InChI is InChI=1S/C18H38O10/c1-13(2,3)17(21-19,25-23-15(7,8)9)27-28-18(22-20,14(4,5)6)26-24-16(10,11)12/h19-20H,1-12H3. The van der Waals surface area contributed by atoms with E-state index in [1.54, 1.807) is 83.1 Å². The molecule has 0 bridgehead atoms. The minimum absolute atomic E-state index is 0.765. The third kappa shape index (κ3) is 7.79. The van der Waals surface area contributed by atoms with Crippen LogP contribution in [0.25, 0.3) is 0 Å². The maximum atomic E-state index is 9.56. The van der Waals surface area contributed by atoms with Gasteiger partial charge in [0, 0.05) is 0 Å². The predicted octanol–water partition coefficient (Wildman–Crippen LogP) is 4.81. The molecule has 0 rings (SSSR count). The van der Waals surface area contributed by atoms with Crippen LogP contribution in [0.5, 0.6) is 0 Å². The van der Waals surface area contributed by atoms with Gasteiger partial charge < -0.3 is 0 Å². The third-order valence-corrected chi connectivity index (χ3v) is 3.14. The van der Waals surface area contributed by atoms with Crippen LogP contribution in [0.15, 0.2) is 0 Å². The number of rotatable bonds is 9. The van der Waals surface area contributed by atoms with Crippen LogP contribution in [0.2, 0.25) is 0 Å². The molecule has 170 valence electrons. The van der Waals surface area contributed by atoms with Crippen molar-refractivity contribution in [1.29, 1.82) is 0 Å². The smallest absolute Gasteiger partial charge is 0.246 e. The van der Waals surface area contributed by atoms with Crippen molar-refractivity contribution in [2.75, 3.05) is 0 Å². The molecule has 10 heteroatoms. The zero-order valence-electron chi connectivity index (χ0n) is 19.2. The lowest BCUT2D eigenvalue weighted by atomic mass is 9.93. The Balaban J connectivity index is 5.80. The zero-order valence-corrected chi connectivity index (χ0v) is 19.2. The van der Waals surface area contributed by atoms with Crippen LogP contribution in [0.3, 0.4) is 0 Å². The first-order valence-electron chi connectivity index (χ1n) is 9.00. The molecule has 0 fully saturated rings. The second-order valence-corrected chi connectivity index (χ2v) is 10.5. The second-order valence-electron chi connectivity index (χ2n) is 10.5. The van der Waals surface area contributed by atoms with E-state index in [0.717, 1.165) is 0 Å². The summed E-state index contributed by atoms with van der Waals surface area (Å²) >= 11 is 0. The van der Waals surface area contributed by atoms with Crippen LogP contribution >= 0.6 is 0 Å². The quantitative estimate of drug-likeness (QED) is 0.309. The molecule has 0 heterocycles. The fourth-order valence-corrected chi connectivity index (χ4v) is 1.33. The highest BCUT2D eigenvalue weighted by Gasteiger charge is 2.57. The minimum atomic E-state index is -2.28. The van der Waals surface area contributed by atoms with E-state index in [4.69, 9.17) is 29.3 Å². The molecule has 0 aliphatic heterocycles. The van der Waals surface area contributed by atoms with Crippen molar-refractivity contribution < 1.29 is 49.6 Å². The summed E-state index contributed by atoms with van der Waals surface area (Å²) in [6.45, 7) is 20.1. The van der Waals surface area contributed by atoms with Crippen LogP contribution in [0.1, 0.15) is 83.1 Å². The molecule has 0 saturated heterocycles. The van der Waals surface area contributed by atoms with E-state index in [9.17, 15) is 10.5 Å². The molecule has 0 aromatic rings. The van der Waals surface area contributed by atoms with Gasteiger partial charge in [-0.25, -0.2) is 20.3 Å². The SMILES string of the molecule is CC(C)(C)OOC(OO)(OOC(OO)(OOC(C)(C)C)C(C)(C)C)C(C)(C)C. The Labute approximate surface area is 167 Å². The Morgan fingerprint density at radius 3 is 0.750 bits per heavy atom. The highest BCUT2D eigenvalue weighted by atomic mass is 17.4. The minimum Gasteiger partial charge on any atom is -0.246 e. The van der Waals surface area contributed by atoms with Gasteiger partial charge in [-0.1, -0.05) is 41.5 Å². The van der Waals surface area contributed by atoms with Crippen LogP contribution in [0.4, 0.5) is 0 Å². The molecule has 2 atom stereocenters. The Hall–Kier alpha value is -0.400. The summed E-state index contributed by atoms with van der Waals surface area (Å²) in [7, 11) is 0. The van der Waals surface area contributed by atoms with Gasteiger partial charge in [-0.15, -0.1) is 0 Å². The van der Waals surface area contributed by atoms with Crippen molar-refractivity contribution in [3.05, 3.63) is 0 Å². The van der Waals surface area contributed by atoms with Gasteiger partial charge in [0.15, 0.2) is 0 Å². The first kappa shape index (κ1) is 27.6. The predicted molar refractivity (Wildman–Crippen MR) is 97.8 cm³/mol. The molecule has 0 radical (unpaired) electrons. The van der Waals surface area contributed by atoms with Crippen molar-refractivity contribution >= 4 is 0 Å². The van der Waals surface area contributed by atoms with Crippen LogP contribution in [-0.4, -0.2) is 33.7 Å². The first-order valence-corrected chi connectivity index (χ1v) is 9.00. The molecule has 0 saturated carbocycles. The maximum absolute atomic E-state index is 9.56. The molecule has 0 amide bonds. The normalized spacial score (nSPS) is 18.6. The lowest BCUT2D eigenvalue weighted by molar-refractivity contribution is -0.722. The van der Waals surface area contributed by atoms with Crippen LogP contribution in [-0.2, 0) is 39.1 Å². The van der Waals surface area contributed by atoms with Gasteiger partial charge in [0.1, 0.15) is 0 Å². The van der Waals surface area contributed by atoms with E-state index in [0.29, 0.717) is 0 Å². The van der Waals surface area contributed by atoms with Gasteiger partial charge >= 0.3 is 11.9 Å².